The summed E-state index contributed by atoms with van der Waals surface area (Å²) in [5, 5.41) is 39.4. The predicted molar refractivity (Wildman–Crippen MR) is 100 cm³/mol. The van der Waals surface area contributed by atoms with Crippen LogP contribution < -0.4 is 0 Å². The average Bonchev–Trinajstić information content (AvgIpc) is 2.54. The van der Waals surface area contributed by atoms with Gasteiger partial charge in [-0.25, -0.2) is 0 Å². The minimum atomic E-state index is -2.17. The normalized spacial score (nSPS) is 11.8. The van der Waals surface area contributed by atoms with Gasteiger partial charge in [-0.05, 0) is 6.42 Å². The highest BCUT2D eigenvalue weighted by atomic mass is 16.5. The van der Waals surface area contributed by atoms with Crippen molar-refractivity contribution in [3.8, 4) is 0 Å². The molecule has 0 aliphatic rings. The molecule has 6 heteroatoms. The van der Waals surface area contributed by atoms with E-state index in [1.165, 1.54) is 83.5 Å². The molecule has 1 atom stereocenters. The monoisotopic (exact) mass is 348 g/mol. The number of aliphatic hydroxyl groups excluding tert-OH is 2. The van der Waals surface area contributed by atoms with Crippen LogP contribution in [0.25, 0.3) is 0 Å². The second kappa shape index (κ2) is 22.9. The summed E-state index contributed by atoms with van der Waals surface area (Å²) >= 11 is 0. The molecule has 24 heavy (non-hydrogen) atoms. The smallest absolute Gasteiger partial charge is 0.402 e. The van der Waals surface area contributed by atoms with Gasteiger partial charge in [0.15, 0.2) is 0 Å². The van der Waals surface area contributed by atoms with Crippen LogP contribution in [0.15, 0.2) is 0 Å². The van der Waals surface area contributed by atoms with Crippen molar-refractivity contribution in [2.45, 2.75) is 109 Å². The van der Waals surface area contributed by atoms with E-state index < -0.39 is 13.4 Å². The molecule has 0 aliphatic carbocycles. The fourth-order valence-corrected chi connectivity index (χ4v) is 2.67. The first-order valence-corrected chi connectivity index (χ1v) is 9.87. The van der Waals surface area contributed by atoms with E-state index in [1.807, 2.05) is 0 Å². The van der Waals surface area contributed by atoms with Crippen molar-refractivity contribution in [3.63, 3.8) is 0 Å². The van der Waals surface area contributed by atoms with Crippen LogP contribution in [0.2, 0.25) is 0 Å². The van der Waals surface area contributed by atoms with Crippen LogP contribution in [0, 0.1) is 0 Å². The molecule has 0 fully saturated rings. The molecule has 0 aromatic rings. The SMILES string of the molecule is CCCCCCCCCCCCCCCCC(O)CO.OB(O)O. The molecular weight excluding hydrogens is 307 g/mol. The summed E-state index contributed by atoms with van der Waals surface area (Å²) in [5.41, 5.74) is 0. The fourth-order valence-electron chi connectivity index (χ4n) is 2.67. The van der Waals surface area contributed by atoms with Gasteiger partial charge in [0.25, 0.3) is 0 Å². The van der Waals surface area contributed by atoms with Crippen molar-refractivity contribution in [1.82, 2.24) is 0 Å². The quantitative estimate of drug-likeness (QED) is 0.218. The Morgan fingerprint density at radius 2 is 0.917 bits per heavy atom. The summed E-state index contributed by atoms with van der Waals surface area (Å²) in [4.78, 5) is 0. The minimum Gasteiger partial charge on any atom is -0.402 e. The summed E-state index contributed by atoms with van der Waals surface area (Å²) in [5.74, 6) is 0. The Bertz CT molecular complexity index is 215. The molecule has 0 saturated heterocycles. The van der Waals surface area contributed by atoms with E-state index in [2.05, 4.69) is 6.92 Å². The van der Waals surface area contributed by atoms with E-state index in [1.54, 1.807) is 0 Å². The lowest BCUT2D eigenvalue weighted by atomic mass is 10.0. The average molecular weight is 348 g/mol. The lowest BCUT2D eigenvalue weighted by molar-refractivity contribution is 0.0860. The van der Waals surface area contributed by atoms with Gasteiger partial charge < -0.3 is 25.3 Å². The molecule has 0 rings (SSSR count). The van der Waals surface area contributed by atoms with E-state index in [-0.39, 0.29) is 6.61 Å². The number of aliphatic hydroxyl groups is 2. The van der Waals surface area contributed by atoms with E-state index >= 15 is 0 Å². The fraction of sp³-hybridized carbons (Fsp3) is 1.00. The molecule has 0 spiro atoms. The van der Waals surface area contributed by atoms with Crippen molar-refractivity contribution < 1.29 is 25.3 Å². The Morgan fingerprint density at radius 3 is 1.21 bits per heavy atom. The van der Waals surface area contributed by atoms with Crippen molar-refractivity contribution in [3.05, 3.63) is 0 Å². The Labute approximate surface area is 149 Å². The van der Waals surface area contributed by atoms with Crippen LogP contribution in [-0.4, -0.2) is 45.3 Å². The van der Waals surface area contributed by atoms with E-state index in [9.17, 15) is 5.11 Å². The van der Waals surface area contributed by atoms with Crippen molar-refractivity contribution in [2.24, 2.45) is 0 Å². The number of hydrogen-bond acceptors (Lipinski definition) is 5. The Balaban J connectivity index is 0. The zero-order chi connectivity index (χ0) is 18.5. The third-order valence-corrected chi connectivity index (χ3v) is 4.10. The van der Waals surface area contributed by atoms with E-state index in [4.69, 9.17) is 20.2 Å². The predicted octanol–water partition coefficient (Wildman–Crippen LogP) is 3.16. The number of unbranched alkanes of at least 4 members (excludes halogenated alkanes) is 13. The Kier molecular flexibility index (Phi) is 24.9. The van der Waals surface area contributed by atoms with Gasteiger partial charge in [-0.3, -0.25) is 0 Å². The van der Waals surface area contributed by atoms with Gasteiger partial charge >= 0.3 is 7.32 Å². The highest BCUT2D eigenvalue weighted by molar-refractivity contribution is 6.30. The first kappa shape index (κ1) is 26.1. The maximum Gasteiger partial charge on any atom is 0.631 e. The van der Waals surface area contributed by atoms with Crippen LogP contribution in [0.5, 0.6) is 0 Å². The molecule has 0 aromatic carbocycles. The highest BCUT2D eigenvalue weighted by Gasteiger charge is 2.00. The Hall–Kier alpha value is -0.135. The maximum atomic E-state index is 9.20. The van der Waals surface area contributed by atoms with Crippen molar-refractivity contribution >= 4 is 7.32 Å². The first-order valence-electron chi connectivity index (χ1n) is 9.87. The lowest BCUT2D eigenvalue weighted by Gasteiger charge is -2.06. The van der Waals surface area contributed by atoms with Gasteiger partial charge in [-0.2, -0.15) is 0 Å². The second-order valence-electron chi connectivity index (χ2n) is 6.57. The van der Waals surface area contributed by atoms with Crippen LogP contribution in [0.4, 0.5) is 0 Å². The molecule has 1 unspecified atom stereocenters. The molecule has 5 N–H and O–H groups in total. The number of rotatable bonds is 16. The molecule has 0 radical (unpaired) electrons. The summed E-state index contributed by atoms with van der Waals surface area (Å²) in [6.07, 6.45) is 19.3. The van der Waals surface area contributed by atoms with Gasteiger partial charge in [0.1, 0.15) is 0 Å². The van der Waals surface area contributed by atoms with E-state index in [0.717, 1.165) is 12.8 Å². The van der Waals surface area contributed by atoms with Crippen LogP contribution in [0.3, 0.4) is 0 Å². The molecule has 0 aliphatic heterocycles. The second-order valence-corrected chi connectivity index (χ2v) is 6.57. The third-order valence-electron chi connectivity index (χ3n) is 4.10. The molecule has 0 heterocycles. The van der Waals surface area contributed by atoms with Crippen LogP contribution in [0.1, 0.15) is 103 Å². The maximum absolute atomic E-state index is 9.20. The molecular formula is C18H41BO5. The van der Waals surface area contributed by atoms with Gasteiger partial charge in [0.2, 0.25) is 0 Å². The van der Waals surface area contributed by atoms with Gasteiger partial charge in [0, 0.05) is 0 Å². The zero-order valence-corrected chi connectivity index (χ0v) is 15.7. The lowest BCUT2D eigenvalue weighted by Crippen LogP contribution is -2.10. The largest absolute Gasteiger partial charge is 0.631 e. The van der Waals surface area contributed by atoms with Crippen LogP contribution >= 0.6 is 0 Å². The molecule has 146 valence electrons. The molecule has 0 amide bonds. The summed E-state index contributed by atoms with van der Waals surface area (Å²) in [6.45, 7) is 2.19. The molecule has 0 bridgehead atoms. The molecule has 0 saturated carbocycles. The summed E-state index contributed by atoms with van der Waals surface area (Å²) in [6, 6.07) is 0. The molecule has 5 nitrogen and oxygen atoms in total. The van der Waals surface area contributed by atoms with E-state index in [0.29, 0.717) is 0 Å². The minimum absolute atomic E-state index is 0.0849. The van der Waals surface area contributed by atoms with Crippen LogP contribution in [-0.2, 0) is 0 Å². The Morgan fingerprint density at radius 1 is 0.625 bits per heavy atom. The number of hydrogen-bond donors (Lipinski definition) is 5. The first-order chi connectivity index (χ1) is 11.5. The van der Waals surface area contributed by atoms with Crippen molar-refractivity contribution in [1.29, 1.82) is 0 Å². The molecule has 0 aromatic heterocycles. The van der Waals surface area contributed by atoms with Gasteiger partial charge in [-0.15, -0.1) is 0 Å². The highest BCUT2D eigenvalue weighted by Crippen LogP contribution is 2.13. The van der Waals surface area contributed by atoms with Gasteiger partial charge in [0.05, 0.1) is 12.7 Å². The standard InChI is InChI=1S/C18H38O2.BH3O3/c1-2-3-4-5-6-7-8-9-10-11-12-13-14-15-16-18(20)17-19;2-1(3)4/h18-20H,2-17H2,1H3;2-4H. The topological polar surface area (TPSA) is 101 Å². The van der Waals surface area contributed by atoms with Gasteiger partial charge in [-0.1, -0.05) is 96.8 Å². The van der Waals surface area contributed by atoms with Crippen molar-refractivity contribution in [2.75, 3.05) is 6.61 Å². The summed E-state index contributed by atoms with van der Waals surface area (Å²) < 4.78 is 0. The zero-order valence-electron chi connectivity index (χ0n) is 15.7. The third kappa shape index (κ3) is 29.8. The summed E-state index contributed by atoms with van der Waals surface area (Å²) in [7, 11) is -2.17.